The summed E-state index contributed by atoms with van der Waals surface area (Å²) in [5, 5.41) is 2.82. The molecule has 174 valence electrons. The van der Waals surface area contributed by atoms with Gasteiger partial charge >= 0.3 is 6.18 Å². The zero-order valence-electron chi connectivity index (χ0n) is 17.3. The van der Waals surface area contributed by atoms with Crippen LogP contribution in [0.5, 0.6) is 5.75 Å². The highest BCUT2D eigenvalue weighted by atomic mass is 32.2. The monoisotopic (exact) mass is 473 g/mol. The van der Waals surface area contributed by atoms with Gasteiger partial charge in [-0.15, -0.1) is 0 Å². The Hall–Kier alpha value is -2.62. The molecule has 3 rings (SSSR count). The lowest BCUT2D eigenvalue weighted by molar-refractivity contribution is -0.137. The van der Waals surface area contributed by atoms with Gasteiger partial charge in [0.1, 0.15) is 11.6 Å². The first-order valence-electron chi connectivity index (χ1n) is 10.0. The van der Waals surface area contributed by atoms with Crippen LogP contribution < -0.4 is 10.1 Å². The first kappa shape index (κ1) is 24.0. The molecule has 1 aliphatic rings. The molecule has 1 amide bonds. The Balaban J connectivity index is 1.58. The van der Waals surface area contributed by atoms with E-state index in [0.29, 0.717) is 31.7 Å². The van der Waals surface area contributed by atoms with Gasteiger partial charge in [0.15, 0.2) is 9.84 Å². The molecule has 0 unspecified atom stereocenters. The number of carbonyl (C=O) groups is 1. The molecular weight excluding hydrogens is 450 g/mol. The summed E-state index contributed by atoms with van der Waals surface area (Å²) in [6.07, 6.45) is -2.60. The Bertz CT molecular complexity index is 1080. The number of carbonyl (C=O) groups excluding carboxylic acids is 1. The number of hydrogen-bond acceptors (Lipinski definition) is 4. The molecule has 1 aliphatic carbocycles. The van der Waals surface area contributed by atoms with Crippen LogP contribution in [0.4, 0.5) is 17.6 Å². The van der Waals surface area contributed by atoms with Crippen molar-refractivity contribution < 1.29 is 35.5 Å². The molecule has 2 aromatic carbocycles. The number of hydrogen-bond donors (Lipinski definition) is 1. The maximum atomic E-state index is 13.6. The number of amides is 1. The lowest BCUT2D eigenvalue weighted by Gasteiger charge is -2.29. The number of benzene rings is 2. The van der Waals surface area contributed by atoms with Crippen molar-refractivity contribution in [1.82, 2.24) is 5.32 Å². The third-order valence-electron chi connectivity index (χ3n) is 5.53. The summed E-state index contributed by atoms with van der Waals surface area (Å²) in [5.41, 5.74) is -0.880. The molecule has 0 aliphatic heterocycles. The Morgan fingerprint density at radius 3 is 2.41 bits per heavy atom. The average Bonchev–Trinajstić information content (AvgIpc) is 2.74. The van der Waals surface area contributed by atoms with Crippen molar-refractivity contribution in [1.29, 1.82) is 0 Å². The van der Waals surface area contributed by atoms with Gasteiger partial charge in [0.25, 0.3) is 5.91 Å². The molecule has 32 heavy (non-hydrogen) atoms. The second kappa shape index (κ2) is 9.48. The number of sulfone groups is 1. The number of alkyl halides is 3. The van der Waals surface area contributed by atoms with E-state index in [-0.39, 0.29) is 33.9 Å². The van der Waals surface area contributed by atoms with Gasteiger partial charge in [0.2, 0.25) is 0 Å². The van der Waals surface area contributed by atoms with Gasteiger partial charge in [0.05, 0.1) is 23.3 Å². The van der Waals surface area contributed by atoms with E-state index < -0.39 is 33.3 Å². The Labute approximate surface area is 183 Å². The molecule has 1 fully saturated rings. The van der Waals surface area contributed by atoms with Gasteiger partial charge in [-0.05, 0) is 61.9 Å². The predicted molar refractivity (Wildman–Crippen MR) is 110 cm³/mol. The summed E-state index contributed by atoms with van der Waals surface area (Å²) in [5.74, 6) is -1.31. The summed E-state index contributed by atoms with van der Waals surface area (Å²) < 4.78 is 82.5. The van der Waals surface area contributed by atoms with Crippen LogP contribution >= 0.6 is 0 Å². The topological polar surface area (TPSA) is 72.5 Å². The SMILES string of the molecule is COc1cc(F)cc(C(=O)N[C@H]2CC[C@H](CS(=O)(=O)c3cccc(C(F)(F)F)c3)CC2)c1. The van der Waals surface area contributed by atoms with Gasteiger partial charge in [-0.25, -0.2) is 12.8 Å². The van der Waals surface area contributed by atoms with E-state index in [4.69, 9.17) is 4.74 Å². The normalized spacial score (nSPS) is 19.4. The van der Waals surface area contributed by atoms with Crippen LogP contribution in [0.15, 0.2) is 47.4 Å². The molecule has 0 aromatic heterocycles. The van der Waals surface area contributed by atoms with Crippen LogP contribution in [0, 0.1) is 11.7 Å². The summed E-state index contributed by atoms with van der Waals surface area (Å²) in [4.78, 5) is 12.1. The van der Waals surface area contributed by atoms with Crippen LogP contribution in [0.3, 0.4) is 0 Å². The average molecular weight is 473 g/mol. The highest BCUT2D eigenvalue weighted by molar-refractivity contribution is 7.91. The number of halogens is 4. The molecule has 1 N–H and O–H groups in total. The minimum Gasteiger partial charge on any atom is -0.497 e. The van der Waals surface area contributed by atoms with E-state index in [0.717, 1.165) is 24.3 Å². The van der Waals surface area contributed by atoms with Crippen LogP contribution in [0.1, 0.15) is 41.6 Å². The molecule has 0 spiro atoms. The number of methoxy groups -OCH3 is 1. The molecule has 1 saturated carbocycles. The van der Waals surface area contributed by atoms with Crippen molar-refractivity contribution in [2.75, 3.05) is 12.9 Å². The lowest BCUT2D eigenvalue weighted by atomic mass is 9.87. The van der Waals surface area contributed by atoms with E-state index in [2.05, 4.69) is 5.32 Å². The van der Waals surface area contributed by atoms with Crippen LogP contribution in [0.25, 0.3) is 0 Å². The van der Waals surface area contributed by atoms with Crippen LogP contribution in [-0.2, 0) is 16.0 Å². The number of rotatable bonds is 6. The Kier molecular flexibility index (Phi) is 7.12. The van der Waals surface area contributed by atoms with Crippen LogP contribution in [-0.4, -0.2) is 33.2 Å². The van der Waals surface area contributed by atoms with Crippen molar-refractivity contribution in [3.8, 4) is 5.75 Å². The molecular formula is C22H23F4NO4S. The molecule has 0 radical (unpaired) electrons. The molecule has 5 nitrogen and oxygen atoms in total. The largest absolute Gasteiger partial charge is 0.497 e. The van der Waals surface area contributed by atoms with Crippen molar-refractivity contribution in [3.63, 3.8) is 0 Å². The van der Waals surface area contributed by atoms with Crippen molar-refractivity contribution in [2.24, 2.45) is 5.92 Å². The fraction of sp³-hybridized carbons (Fsp3) is 0.409. The van der Waals surface area contributed by atoms with E-state index in [1.54, 1.807) is 0 Å². The van der Waals surface area contributed by atoms with Crippen molar-refractivity contribution in [3.05, 3.63) is 59.4 Å². The molecule has 10 heteroatoms. The summed E-state index contributed by atoms with van der Waals surface area (Å²) in [7, 11) is -2.52. The Morgan fingerprint density at radius 2 is 1.78 bits per heavy atom. The predicted octanol–water partition coefficient (Wildman–Crippen LogP) is 4.62. The van der Waals surface area contributed by atoms with E-state index in [1.807, 2.05) is 0 Å². The summed E-state index contributed by atoms with van der Waals surface area (Å²) in [6.45, 7) is 0. The van der Waals surface area contributed by atoms with Crippen LogP contribution in [0.2, 0.25) is 0 Å². The second-order valence-corrected chi connectivity index (χ2v) is 9.91. The van der Waals surface area contributed by atoms with Gasteiger partial charge in [-0.1, -0.05) is 6.07 Å². The summed E-state index contributed by atoms with van der Waals surface area (Å²) in [6, 6.07) is 7.23. The van der Waals surface area contributed by atoms with Gasteiger partial charge in [0, 0.05) is 17.7 Å². The molecule has 0 heterocycles. The second-order valence-electron chi connectivity index (χ2n) is 7.88. The van der Waals surface area contributed by atoms with E-state index in [1.165, 1.54) is 19.2 Å². The van der Waals surface area contributed by atoms with Crippen molar-refractivity contribution in [2.45, 2.75) is 42.8 Å². The number of nitrogens with one attached hydrogen (secondary N) is 1. The highest BCUT2D eigenvalue weighted by Crippen LogP contribution is 2.32. The standard InChI is InChI=1S/C22H23F4NO4S/c1-31-19-10-15(9-17(23)12-19)21(28)27-18-7-5-14(6-8-18)13-32(29,30)20-4-2-3-16(11-20)22(24,25)26/h2-4,9-12,14,18H,5-8,13H2,1H3,(H,27,28)/t14-,18-. The molecule has 0 bridgehead atoms. The third-order valence-corrected chi connectivity index (χ3v) is 7.41. The van der Waals surface area contributed by atoms with Crippen molar-refractivity contribution >= 4 is 15.7 Å². The summed E-state index contributed by atoms with van der Waals surface area (Å²) >= 11 is 0. The lowest BCUT2D eigenvalue weighted by Crippen LogP contribution is -2.38. The fourth-order valence-electron chi connectivity index (χ4n) is 3.83. The van der Waals surface area contributed by atoms with Gasteiger partial charge in [-0.3, -0.25) is 4.79 Å². The van der Waals surface area contributed by atoms with Gasteiger partial charge < -0.3 is 10.1 Å². The smallest absolute Gasteiger partial charge is 0.416 e. The molecule has 0 saturated heterocycles. The third kappa shape index (κ3) is 5.99. The van der Waals surface area contributed by atoms with E-state index in [9.17, 15) is 30.8 Å². The number of ether oxygens (including phenoxy) is 1. The molecule has 2 aromatic rings. The quantitative estimate of drug-likeness (QED) is 0.622. The Morgan fingerprint density at radius 1 is 1.09 bits per heavy atom. The fourth-order valence-corrected chi connectivity index (χ4v) is 5.57. The maximum absolute atomic E-state index is 13.6. The van der Waals surface area contributed by atoms with E-state index >= 15 is 0 Å². The first-order valence-corrected chi connectivity index (χ1v) is 11.7. The highest BCUT2D eigenvalue weighted by Gasteiger charge is 2.33. The zero-order chi connectivity index (χ0) is 23.5. The maximum Gasteiger partial charge on any atom is 0.416 e. The first-order chi connectivity index (χ1) is 15.0. The minimum absolute atomic E-state index is 0.121. The zero-order valence-corrected chi connectivity index (χ0v) is 18.1. The molecule has 0 atom stereocenters. The minimum atomic E-state index is -4.62. The van der Waals surface area contributed by atoms with Gasteiger partial charge in [-0.2, -0.15) is 13.2 Å².